The van der Waals surface area contributed by atoms with Gasteiger partial charge in [0.25, 0.3) is 0 Å². The van der Waals surface area contributed by atoms with Crippen LogP contribution in [0, 0.1) is 5.92 Å². The maximum absolute atomic E-state index is 5.02. The van der Waals surface area contributed by atoms with E-state index >= 15 is 0 Å². The number of azo groups is 1. The molecule has 1 fully saturated rings. The predicted octanol–water partition coefficient (Wildman–Crippen LogP) is 7.63. The molecule has 0 spiro atoms. The van der Waals surface area contributed by atoms with Gasteiger partial charge in [0, 0.05) is 5.25 Å². The maximum Gasteiger partial charge on any atom is 0.127 e. The van der Waals surface area contributed by atoms with E-state index in [9.17, 15) is 0 Å². The minimum atomic E-state index is 0.00259. The second-order valence-corrected chi connectivity index (χ2v) is 9.39. The van der Waals surface area contributed by atoms with Crippen molar-refractivity contribution in [3.8, 4) is 0 Å². The molecule has 1 saturated carbocycles. The molecule has 0 radical (unpaired) electrons. The molecule has 2 atom stereocenters. The van der Waals surface area contributed by atoms with Gasteiger partial charge in [0.1, 0.15) is 4.87 Å². The van der Waals surface area contributed by atoms with Crippen LogP contribution in [0.25, 0.3) is 0 Å². The summed E-state index contributed by atoms with van der Waals surface area (Å²) in [5.41, 5.74) is 0. The monoisotopic (exact) mass is 340 g/mol. The largest absolute Gasteiger partial charge is 0.189 e. The number of hydrogen-bond donors (Lipinski definition) is 0. The Morgan fingerprint density at radius 2 is 1.61 bits per heavy atom. The second-order valence-electron chi connectivity index (χ2n) is 7.53. The average molecular weight is 341 g/mol. The summed E-state index contributed by atoms with van der Waals surface area (Å²) in [5.74, 6) is 0.725. The lowest BCUT2D eigenvalue weighted by molar-refractivity contribution is 0.387. The van der Waals surface area contributed by atoms with Crippen LogP contribution < -0.4 is 0 Å². The lowest BCUT2D eigenvalue weighted by atomic mass is 10.00. The zero-order chi connectivity index (χ0) is 17.1. The summed E-state index contributed by atoms with van der Waals surface area (Å²) in [5, 5.41) is 10.6. The van der Waals surface area contributed by atoms with E-state index < -0.39 is 0 Å². The lowest BCUT2D eigenvalue weighted by Gasteiger charge is -2.32. The van der Waals surface area contributed by atoms with Crippen LogP contribution in [0.3, 0.4) is 0 Å². The molecule has 0 aromatic carbocycles. The SMILES string of the molecule is CCCCC(CCCC)N=NC(C)(SC(C)CC)C1CCCC1. The van der Waals surface area contributed by atoms with Crippen molar-refractivity contribution in [2.75, 3.05) is 0 Å². The van der Waals surface area contributed by atoms with E-state index in [1.807, 2.05) is 0 Å². The predicted molar refractivity (Wildman–Crippen MR) is 105 cm³/mol. The first kappa shape index (κ1) is 21.0. The molecule has 0 N–H and O–H groups in total. The van der Waals surface area contributed by atoms with E-state index in [1.165, 1.54) is 70.6 Å². The highest BCUT2D eigenvalue weighted by Gasteiger charge is 2.38. The van der Waals surface area contributed by atoms with Crippen LogP contribution in [-0.4, -0.2) is 16.2 Å². The van der Waals surface area contributed by atoms with Gasteiger partial charge >= 0.3 is 0 Å². The van der Waals surface area contributed by atoms with Crippen molar-refractivity contribution < 1.29 is 0 Å². The lowest BCUT2D eigenvalue weighted by Crippen LogP contribution is -2.29. The molecular formula is C20H40N2S. The third-order valence-electron chi connectivity index (χ3n) is 5.33. The van der Waals surface area contributed by atoms with Gasteiger partial charge in [-0.25, -0.2) is 0 Å². The molecular weight excluding hydrogens is 300 g/mol. The number of hydrogen-bond acceptors (Lipinski definition) is 3. The van der Waals surface area contributed by atoms with E-state index in [4.69, 9.17) is 10.2 Å². The van der Waals surface area contributed by atoms with Gasteiger partial charge in [-0.3, -0.25) is 0 Å². The topological polar surface area (TPSA) is 24.7 Å². The van der Waals surface area contributed by atoms with Gasteiger partial charge < -0.3 is 0 Å². The summed E-state index contributed by atoms with van der Waals surface area (Å²) in [4.78, 5) is 0.00259. The summed E-state index contributed by atoms with van der Waals surface area (Å²) >= 11 is 2.07. The second kappa shape index (κ2) is 11.5. The Balaban J connectivity index is 2.77. The molecule has 1 aliphatic rings. The summed E-state index contributed by atoms with van der Waals surface area (Å²) in [6, 6.07) is 0.452. The minimum absolute atomic E-state index is 0.00259. The molecule has 3 heteroatoms. The average Bonchev–Trinajstić information content (AvgIpc) is 3.09. The fourth-order valence-electron chi connectivity index (χ4n) is 3.49. The summed E-state index contributed by atoms with van der Waals surface area (Å²) in [7, 11) is 0. The van der Waals surface area contributed by atoms with Crippen LogP contribution >= 0.6 is 11.8 Å². The first-order valence-electron chi connectivity index (χ1n) is 10.2. The third-order valence-corrected chi connectivity index (χ3v) is 6.96. The van der Waals surface area contributed by atoms with Crippen molar-refractivity contribution in [1.82, 2.24) is 0 Å². The molecule has 1 rings (SSSR count). The molecule has 23 heavy (non-hydrogen) atoms. The van der Waals surface area contributed by atoms with Gasteiger partial charge in [-0.15, -0.1) is 11.8 Å². The molecule has 0 aromatic heterocycles. The molecule has 1 aliphatic carbocycles. The van der Waals surface area contributed by atoms with Crippen molar-refractivity contribution in [2.45, 2.75) is 121 Å². The smallest absolute Gasteiger partial charge is 0.127 e. The fourth-order valence-corrected chi connectivity index (χ4v) is 4.99. The van der Waals surface area contributed by atoms with Crippen molar-refractivity contribution in [3.05, 3.63) is 0 Å². The van der Waals surface area contributed by atoms with Gasteiger partial charge in [-0.2, -0.15) is 10.2 Å². The third kappa shape index (κ3) is 7.58. The Labute approximate surface area is 149 Å². The maximum atomic E-state index is 5.02. The van der Waals surface area contributed by atoms with Crippen LogP contribution in [0.15, 0.2) is 10.2 Å². The van der Waals surface area contributed by atoms with Gasteiger partial charge in [-0.05, 0) is 44.9 Å². The zero-order valence-corrected chi connectivity index (χ0v) is 17.1. The highest BCUT2D eigenvalue weighted by atomic mass is 32.2. The normalized spacial score (nSPS) is 20.4. The Morgan fingerprint density at radius 3 is 2.09 bits per heavy atom. The van der Waals surface area contributed by atoms with Crippen LogP contribution in [0.5, 0.6) is 0 Å². The van der Waals surface area contributed by atoms with Gasteiger partial charge in [0.05, 0.1) is 6.04 Å². The molecule has 0 heterocycles. The van der Waals surface area contributed by atoms with E-state index in [2.05, 4.69) is 46.4 Å². The highest BCUT2D eigenvalue weighted by Crippen LogP contribution is 2.46. The number of unbranched alkanes of at least 4 members (excludes halogenated alkanes) is 2. The van der Waals surface area contributed by atoms with E-state index in [0.29, 0.717) is 11.3 Å². The number of rotatable bonds is 12. The van der Waals surface area contributed by atoms with Gasteiger partial charge in [-0.1, -0.05) is 66.2 Å². The molecule has 0 amide bonds. The van der Waals surface area contributed by atoms with Crippen molar-refractivity contribution in [2.24, 2.45) is 16.1 Å². The fraction of sp³-hybridized carbons (Fsp3) is 1.00. The number of thioether (sulfide) groups is 1. The Hall–Kier alpha value is -0.0500. The van der Waals surface area contributed by atoms with Crippen LogP contribution in [-0.2, 0) is 0 Å². The molecule has 2 unspecified atom stereocenters. The Kier molecular flexibility index (Phi) is 10.5. The van der Waals surface area contributed by atoms with E-state index in [-0.39, 0.29) is 4.87 Å². The first-order chi connectivity index (χ1) is 11.1. The first-order valence-corrected chi connectivity index (χ1v) is 11.0. The van der Waals surface area contributed by atoms with Gasteiger partial charge in [0.2, 0.25) is 0 Å². The summed E-state index contributed by atoms with van der Waals surface area (Å²) < 4.78 is 0. The van der Waals surface area contributed by atoms with Gasteiger partial charge in [0.15, 0.2) is 0 Å². The molecule has 136 valence electrons. The standard InChI is InChI=1S/C20H40N2S/c1-6-9-15-19(16-10-7-2)21-22-20(5,23-17(4)8-3)18-13-11-12-14-18/h17-19H,6-16H2,1-5H3. The summed E-state index contributed by atoms with van der Waals surface area (Å²) in [6.45, 7) is 11.5. The summed E-state index contributed by atoms with van der Waals surface area (Å²) in [6.07, 6.45) is 14.2. The zero-order valence-electron chi connectivity index (χ0n) is 16.3. The van der Waals surface area contributed by atoms with Crippen LogP contribution in [0.1, 0.15) is 105 Å². The van der Waals surface area contributed by atoms with Crippen molar-refractivity contribution in [1.29, 1.82) is 0 Å². The van der Waals surface area contributed by atoms with Crippen molar-refractivity contribution >= 4 is 11.8 Å². The molecule has 2 nitrogen and oxygen atoms in total. The molecule has 0 saturated heterocycles. The minimum Gasteiger partial charge on any atom is -0.189 e. The molecule has 0 aromatic rings. The number of nitrogens with zero attached hydrogens (tertiary/aromatic N) is 2. The van der Waals surface area contributed by atoms with E-state index in [0.717, 1.165) is 5.92 Å². The Bertz CT molecular complexity index is 318. The van der Waals surface area contributed by atoms with E-state index in [1.54, 1.807) is 0 Å². The Morgan fingerprint density at radius 1 is 1.04 bits per heavy atom. The van der Waals surface area contributed by atoms with Crippen molar-refractivity contribution in [3.63, 3.8) is 0 Å². The molecule has 0 bridgehead atoms. The quantitative estimate of drug-likeness (QED) is 0.335. The van der Waals surface area contributed by atoms with Crippen LogP contribution in [0.4, 0.5) is 0 Å². The molecule has 0 aliphatic heterocycles. The van der Waals surface area contributed by atoms with Crippen LogP contribution in [0.2, 0.25) is 0 Å². The highest BCUT2D eigenvalue weighted by molar-refractivity contribution is 8.01.